The van der Waals surface area contributed by atoms with Crippen LogP contribution in [0.2, 0.25) is 0 Å². The highest BCUT2D eigenvalue weighted by atomic mass is 79.9. The van der Waals surface area contributed by atoms with Gasteiger partial charge in [-0.2, -0.15) is 4.39 Å². The molecule has 0 fully saturated rings. The van der Waals surface area contributed by atoms with Crippen molar-refractivity contribution in [3.8, 4) is 0 Å². The summed E-state index contributed by atoms with van der Waals surface area (Å²) >= 11 is 2.90. The Morgan fingerprint density at radius 1 is 1.58 bits per heavy atom. The van der Waals surface area contributed by atoms with Crippen LogP contribution in [0.3, 0.4) is 0 Å². The number of nitro groups is 1. The van der Waals surface area contributed by atoms with E-state index in [2.05, 4.69) is 15.9 Å². The van der Waals surface area contributed by atoms with Crippen molar-refractivity contribution in [2.45, 2.75) is 0 Å². The minimum Gasteiger partial charge on any atom is -0.258 e. The van der Waals surface area contributed by atoms with Gasteiger partial charge in [-0.1, -0.05) is 28.1 Å². The number of rotatable bonds is 2. The molecule has 0 saturated carbocycles. The number of nitrogens with zero attached hydrogens (tertiary/aromatic N) is 1. The van der Waals surface area contributed by atoms with Gasteiger partial charge in [0, 0.05) is 11.6 Å². The van der Waals surface area contributed by atoms with E-state index in [1.807, 2.05) is 0 Å². The van der Waals surface area contributed by atoms with E-state index in [0.29, 0.717) is 0 Å². The molecule has 0 saturated heterocycles. The highest BCUT2D eigenvalue weighted by molar-refractivity contribution is 9.10. The third-order valence-corrected chi connectivity index (χ3v) is 1.82. The lowest BCUT2D eigenvalue weighted by Gasteiger charge is -1.97. The smallest absolute Gasteiger partial charge is 0.258 e. The average molecular weight is 233 g/mol. The molecule has 5 heteroatoms. The quantitative estimate of drug-likeness (QED) is 0.582. The second kappa shape index (κ2) is 3.62. The molecule has 1 rings (SSSR count). The van der Waals surface area contributed by atoms with Crippen molar-refractivity contribution >= 4 is 21.6 Å². The van der Waals surface area contributed by atoms with Crippen molar-refractivity contribution in [2.24, 2.45) is 0 Å². The first-order chi connectivity index (χ1) is 5.66. The molecule has 0 aliphatic heterocycles. The third kappa shape index (κ3) is 1.61. The zero-order chi connectivity index (χ0) is 9.14. The molecule has 0 N–H and O–H groups in total. The lowest BCUT2D eigenvalue weighted by Crippen LogP contribution is -1.94. The minimum atomic E-state index is -0.820. The Bertz CT molecular complexity index is 316. The van der Waals surface area contributed by atoms with E-state index >= 15 is 0 Å². The fourth-order valence-electron chi connectivity index (χ4n) is 0.762. The summed E-state index contributed by atoms with van der Waals surface area (Å²) in [6.07, 6.45) is 0. The van der Waals surface area contributed by atoms with E-state index < -0.39 is 16.4 Å². The Labute approximate surface area is 76.5 Å². The maximum absolute atomic E-state index is 13.0. The Kier molecular flexibility index (Phi) is 2.75. The Balaban J connectivity index is 3.23. The van der Waals surface area contributed by atoms with Gasteiger partial charge in [-0.05, 0) is 0 Å². The molecule has 0 spiro atoms. The van der Waals surface area contributed by atoms with Gasteiger partial charge in [-0.15, -0.1) is 0 Å². The number of benzene rings is 1. The fourth-order valence-corrected chi connectivity index (χ4v) is 1.12. The SMILES string of the molecule is O=[N+]([O-])c1cccc([CH]Br)c1F. The number of nitro benzene ring substituents is 1. The van der Waals surface area contributed by atoms with Crippen LogP contribution in [0.4, 0.5) is 10.1 Å². The Hall–Kier alpha value is -0.970. The van der Waals surface area contributed by atoms with Gasteiger partial charge in [0.1, 0.15) is 0 Å². The van der Waals surface area contributed by atoms with E-state index in [1.54, 1.807) is 0 Å². The summed E-state index contributed by atoms with van der Waals surface area (Å²) in [5.74, 6) is -0.820. The van der Waals surface area contributed by atoms with E-state index in [4.69, 9.17) is 0 Å². The molecule has 0 aliphatic rings. The molecular formula is C7H4BrFNO2. The summed E-state index contributed by atoms with van der Waals surface area (Å²) in [5, 5.41) is 11.5. The first-order valence-corrected chi connectivity index (χ1v) is 3.94. The van der Waals surface area contributed by atoms with E-state index in [-0.39, 0.29) is 5.56 Å². The van der Waals surface area contributed by atoms with Crippen LogP contribution in [0.15, 0.2) is 18.2 Å². The van der Waals surface area contributed by atoms with Gasteiger partial charge >= 0.3 is 5.69 Å². The lowest BCUT2D eigenvalue weighted by atomic mass is 10.2. The largest absolute Gasteiger partial charge is 0.305 e. The molecule has 0 aliphatic carbocycles. The standard InChI is InChI=1S/C7H4BrFNO2/c8-4-5-2-1-3-6(7(5)9)10(11)12/h1-4H. The van der Waals surface area contributed by atoms with Crippen molar-refractivity contribution in [1.82, 2.24) is 0 Å². The Morgan fingerprint density at radius 2 is 2.25 bits per heavy atom. The fraction of sp³-hybridized carbons (Fsp3) is 0. The molecule has 0 heterocycles. The highest BCUT2D eigenvalue weighted by Gasteiger charge is 2.15. The molecule has 1 radical (unpaired) electrons. The van der Waals surface area contributed by atoms with Gasteiger partial charge in [0.2, 0.25) is 5.82 Å². The molecule has 0 unspecified atom stereocenters. The normalized spacial score (nSPS) is 9.83. The maximum atomic E-state index is 13.0. The predicted molar refractivity (Wildman–Crippen MR) is 45.4 cm³/mol. The van der Waals surface area contributed by atoms with Crippen LogP contribution < -0.4 is 0 Å². The molecule has 0 bridgehead atoms. The monoisotopic (exact) mass is 232 g/mol. The van der Waals surface area contributed by atoms with Gasteiger partial charge < -0.3 is 0 Å². The number of hydrogen-bond acceptors (Lipinski definition) is 2. The predicted octanol–water partition coefficient (Wildman–Crippen LogP) is 2.64. The van der Waals surface area contributed by atoms with Gasteiger partial charge in [-0.25, -0.2) is 0 Å². The summed E-state index contributed by atoms with van der Waals surface area (Å²) in [4.78, 5) is 9.47. The van der Waals surface area contributed by atoms with E-state index in [1.165, 1.54) is 17.5 Å². The maximum Gasteiger partial charge on any atom is 0.305 e. The van der Waals surface area contributed by atoms with Gasteiger partial charge in [-0.3, -0.25) is 10.1 Å². The van der Waals surface area contributed by atoms with Crippen LogP contribution in [-0.2, 0) is 0 Å². The van der Waals surface area contributed by atoms with E-state index in [0.717, 1.165) is 6.07 Å². The average Bonchev–Trinajstić information content (AvgIpc) is 2.04. The molecule has 63 valence electrons. The number of halogens is 2. The second-order valence-corrected chi connectivity index (χ2v) is 2.50. The van der Waals surface area contributed by atoms with Crippen LogP contribution in [0.5, 0.6) is 0 Å². The molecule has 12 heavy (non-hydrogen) atoms. The summed E-state index contributed by atoms with van der Waals surface area (Å²) in [6.45, 7) is 0. The molecule has 3 nitrogen and oxygen atoms in total. The topological polar surface area (TPSA) is 43.1 Å². The summed E-state index contributed by atoms with van der Waals surface area (Å²) in [7, 11) is 0. The van der Waals surface area contributed by atoms with Crippen molar-refractivity contribution in [3.05, 3.63) is 45.0 Å². The molecule has 1 aromatic carbocycles. The zero-order valence-electron chi connectivity index (χ0n) is 5.83. The highest BCUT2D eigenvalue weighted by Crippen LogP contribution is 2.22. The zero-order valence-corrected chi connectivity index (χ0v) is 7.42. The second-order valence-electron chi connectivity index (χ2n) is 2.05. The molecular weight excluding hydrogens is 229 g/mol. The number of hydrogen-bond donors (Lipinski definition) is 0. The van der Waals surface area contributed by atoms with Gasteiger partial charge in [0.15, 0.2) is 0 Å². The van der Waals surface area contributed by atoms with Gasteiger partial charge in [0.05, 0.1) is 10.3 Å². The van der Waals surface area contributed by atoms with Crippen molar-refractivity contribution in [3.63, 3.8) is 0 Å². The molecule has 0 amide bonds. The van der Waals surface area contributed by atoms with Crippen molar-refractivity contribution in [1.29, 1.82) is 0 Å². The van der Waals surface area contributed by atoms with Gasteiger partial charge in [0.25, 0.3) is 0 Å². The molecule has 1 aromatic rings. The van der Waals surface area contributed by atoms with E-state index in [9.17, 15) is 14.5 Å². The van der Waals surface area contributed by atoms with Crippen LogP contribution in [0, 0.1) is 21.3 Å². The van der Waals surface area contributed by atoms with Crippen LogP contribution in [0.1, 0.15) is 5.56 Å². The summed E-state index contributed by atoms with van der Waals surface area (Å²) in [5.41, 5.74) is -0.340. The van der Waals surface area contributed by atoms with Crippen molar-refractivity contribution < 1.29 is 9.31 Å². The summed E-state index contributed by atoms with van der Waals surface area (Å²) < 4.78 is 13.0. The summed E-state index contributed by atoms with van der Waals surface area (Å²) in [6, 6.07) is 3.99. The Morgan fingerprint density at radius 3 is 2.75 bits per heavy atom. The third-order valence-electron chi connectivity index (χ3n) is 1.32. The minimum absolute atomic E-state index is 0.171. The van der Waals surface area contributed by atoms with Crippen molar-refractivity contribution in [2.75, 3.05) is 0 Å². The lowest BCUT2D eigenvalue weighted by molar-refractivity contribution is -0.387. The van der Waals surface area contributed by atoms with Crippen LogP contribution >= 0.6 is 15.9 Å². The van der Waals surface area contributed by atoms with Crippen LogP contribution in [-0.4, -0.2) is 4.92 Å². The van der Waals surface area contributed by atoms with Crippen LogP contribution in [0.25, 0.3) is 0 Å². The first-order valence-electron chi connectivity index (χ1n) is 3.03. The molecule has 0 aromatic heterocycles. The molecule has 0 atom stereocenters. The first kappa shape index (κ1) is 9.12.